The summed E-state index contributed by atoms with van der Waals surface area (Å²) in [4.78, 5) is 11.5. The first-order valence-electron chi connectivity index (χ1n) is 6.57. The van der Waals surface area contributed by atoms with Crippen molar-refractivity contribution < 1.29 is 9.18 Å². The van der Waals surface area contributed by atoms with E-state index in [0.29, 0.717) is 22.7 Å². The van der Waals surface area contributed by atoms with Gasteiger partial charge in [0, 0.05) is 22.7 Å². The van der Waals surface area contributed by atoms with E-state index in [1.165, 1.54) is 6.07 Å². The quantitative estimate of drug-likeness (QED) is 0.789. The lowest BCUT2D eigenvalue weighted by atomic mass is 9.95. The van der Waals surface area contributed by atoms with Crippen LogP contribution in [0.5, 0.6) is 0 Å². The number of benzene rings is 2. The topological polar surface area (TPSA) is 29.1 Å². The van der Waals surface area contributed by atoms with E-state index in [9.17, 15) is 9.18 Å². The number of fused-ring (bicyclic) bond motifs is 1. The molecular formula is C16H12BrClFNO. The third kappa shape index (κ3) is 2.70. The first-order chi connectivity index (χ1) is 10.1. The minimum Gasteiger partial charge on any atom is -0.352 e. The van der Waals surface area contributed by atoms with Crippen molar-refractivity contribution in [3.05, 3.63) is 69.5 Å². The summed E-state index contributed by atoms with van der Waals surface area (Å²) < 4.78 is 14.0. The molecule has 3 rings (SSSR count). The van der Waals surface area contributed by atoms with Crippen LogP contribution in [0.25, 0.3) is 0 Å². The van der Waals surface area contributed by atoms with Gasteiger partial charge in [0.2, 0.25) is 0 Å². The number of carbonyl (C=O) groups excluding carboxylic acids is 1. The standard InChI is InChI=1S/C16H12BrClFNO/c17-15(14-12(18)2-1-3-13(14)19)10-5-4-9-6-7-20-16(21)11(9)8-10/h1-5,8,15H,6-7H2,(H,20,21). The molecule has 0 bridgehead atoms. The molecule has 1 amide bonds. The molecular weight excluding hydrogens is 357 g/mol. The van der Waals surface area contributed by atoms with E-state index >= 15 is 0 Å². The first kappa shape index (κ1) is 14.5. The van der Waals surface area contributed by atoms with E-state index in [4.69, 9.17) is 11.6 Å². The van der Waals surface area contributed by atoms with Gasteiger partial charge in [-0.2, -0.15) is 0 Å². The number of rotatable bonds is 2. The third-order valence-electron chi connectivity index (χ3n) is 3.60. The Kier molecular flexibility index (Phi) is 4.00. The van der Waals surface area contributed by atoms with E-state index in [1.807, 2.05) is 12.1 Å². The Labute approximate surface area is 135 Å². The monoisotopic (exact) mass is 367 g/mol. The zero-order chi connectivity index (χ0) is 15.0. The van der Waals surface area contributed by atoms with Crippen LogP contribution in [-0.4, -0.2) is 12.5 Å². The number of halogens is 3. The van der Waals surface area contributed by atoms with Gasteiger partial charge in [0.25, 0.3) is 5.91 Å². The van der Waals surface area contributed by atoms with Crippen molar-refractivity contribution in [1.29, 1.82) is 0 Å². The van der Waals surface area contributed by atoms with Gasteiger partial charge < -0.3 is 5.32 Å². The van der Waals surface area contributed by atoms with Crippen LogP contribution >= 0.6 is 27.5 Å². The van der Waals surface area contributed by atoms with Gasteiger partial charge >= 0.3 is 0 Å². The number of amides is 1. The molecule has 1 aliphatic heterocycles. The van der Waals surface area contributed by atoms with Crippen molar-refractivity contribution in [3.63, 3.8) is 0 Å². The van der Waals surface area contributed by atoms with Gasteiger partial charge in [-0.25, -0.2) is 4.39 Å². The molecule has 1 heterocycles. The van der Waals surface area contributed by atoms with Crippen LogP contribution < -0.4 is 5.32 Å². The fraction of sp³-hybridized carbons (Fsp3) is 0.188. The zero-order valence-corrected chi connectivity index (χ0v) is 13.3. The Bertz CT molecular complexity index is 699. The Morgan fingerprint density at radius 2 is 2.10 bits per heavy atom. The van der Waals surface area contributed by atoms with Gasteiger partial charge in [-0.15, -0.1) is 0 Å². The van der Waals surface area contributed by atoms with Crippen LogP contribution in [0.4, 0.5) is 4.39 Å². The first-order valence-corrected chi connectivity index (χ1v) is 7.86. The highest BCUT2D eigenvalue weighted by Crippen LogP contribution is 2.37. The minimum absolute atomic E-state index is 0.0857. The van der Waals surface area contributed by atoms with Crippen LogP contribution in [0.2, 0.25) is 5.02 Å². The highest BCUT2D eigenvalue weighted by molar-refractivity contribution is 9.09. The highest BCUT2D eigenvalue weighted by atomic mass is 79.9. The molecule has 0 aliphatic carbocycles. The molecule has 1 atom stereocenters. The largest absolute Gasteiger partial charge is 0.352 e. The minimum atomic E-state index is -0.397. The molecule has 2 aromatic rings. The molecule has 0 radical (unpaired) electrons. The van der Waals surface area contributed by atoms with E-state index in [1.54, 1.807) is 18.2 Å². The van der Waals surface area contributed by atoms with Gasteiger partial charge in [0.15, 0.2) is 0 Å². The van der Waals surface area contributed by atoms with Crippen LogP contribution in [-0.2, 0) is 6.42 Å². The number of alkyl halides is 1. The number of carbonyl (C=O) groups is 1. The predicted molar refractivity (Wildman–Crippen MR) is 84.7 cm³/mol. The second-order valence-electron chi connectivity index (χ2n) is 4.92. The molecule has 1 aliphatic rings. The van der Waals surface area contributed by atoms with Crippen molar-refractivity contribution in [3.8, 4) is 0 Å². The molecule has 0 saturated carbocycles. The molecule has 0 fully saturated rings. The Morgan fingerprint density at radius 3 is 2.86 bits per heavy atom. The van der Waals surface area contributed by atoms with Crippen LogP contribution in [0.3, 0.4) is 0 Å². The Hall–Kier alpha value is -1.39. The van der Waals surface area contributed by atoms with E-state index < -0.39 is 4.83 Å². The van der Waals surface area contributed by atoms with E-state index in [0.717, 1.165) is 17.5 Å². The SMILES string of the molecule is O=C1NCCc2ccc(C(Br)c3c(F)cccc3Cl)cc21. The smallest absolute Gasteiger partial charge is 0.251 e. The summed E-state index contributed by atoms with van der Waals surface area (Å²) in [6.45, 7) is 0.655. The van der Waals surface area contributed by atoms with Crippen LogP contribution in [0, 0.1) is 5.82 Å². The second kappa shape index (κ2) is 5.78. The molecule has 21 heavy (non-hydrogen) atoms. The summed E-state index contributed by atoms with van der Waals surface area (Å²) in [6, 6.07) is 10.2. The fourth-order valence-corrected chi connectivity index (χ4v) is 3.66. The average Bonchev–Trinajstić information content (AvgIpc) is 2.47. The molecule has 108 valence electrons. The van der Waals surface area contributed by atoms with Gasteiger partial charge in [-0.05, 0) is 35.7 Å². The lowest BCUT2D eigenvalue weighted by Gasteiger charge is -2.19. The Balaban J connectivity index is 2.05. The summed E-state index contributed by atoms with van der Waals surface area (Å²) in [5.74, 6) is -0.455. The summed E-state index contributed by atoms with van der Waals surface area (Å²) in [7, 11) is 0. The summed E-state index contributed by atoms with van der Waals surface area (Å²) in [6.07, 6.45) is 0.814. The molecule has 2 nitrogen and oxygen atoms in total. The van der Waals surface area contributed by atoms with Crippen molar-refractivity contribution >= 4 is 33.4 Å². The maximum Gasteiger partial charge on any atom is 0.251 e. The van der Waals surface area contributed by atoms with Gasteiger partial charge in [0.05, 0.1) is 4.83 Å². The average molecular weight is 369 g/mol. The molecule has 5 heteroatoms. The normalized spacial score (nSPS) is 15.3. The number of nitrogens with one attached hydrogen (secondary N) is 1. The summed E-state index contributed by atoms with van der Waals surface area (Å²) in [5, 5.41) is 3.17. The zero-order valence-electron chi connectivity index (χ0n) is 11.0. The maximum atomic E-state index is 14.0. The summed E-state index contributed by atoms with van der Waals surface area (Å²) in [5.41, 5.74) is 2.85. The van der Waals surface area contributed by atoms with Gasteiger partial charge in [0.1, 0.15) is 5.82 Å². The number of hydrogen-bond donors (Lipinski definition) is 1. The van der Waals surface area contributed by atoms with E-state index in [2.05, 4.69) is 21.2 Å². The molecule has 0 spiro atoms. The fourth-order valence-electron chi connectivity index (χ4n) is 2.51. The Morgan fingerprint density at radius 1 is 1.29 bits per heavy atom. The lowest BCUT2D eigenvalue weighted by Crippen LogP contribution is -2.31. The van der Waals surface area contributed by atoms with Gasteiger partial charge in [-0.1, -0.05) is 45.7 Å². The van der Waals surface area contributed by atoms with Crippen molar-refractivity contribution in [2.45, 2.75) is 11.2 Å². The van der Waals surface area contributed by atoms with Crippen molar-refractivity contribution in [1.82, 2.24) is 5.32 Å². The van der Waals surface area contributed by atoms with Crippen LogP contribution in [0.1, 0.15) is 31.9 Å². The molecule has 1 N–H and O–H groups in total. The third-order valence-corrected chi connectivity index (χ3v) is 4.92. The van der Waals surface area contributed by atoms with Crippen LogP contribution in [0.15, 0.2) is 36.4 Å². The lowest BCUT2D eigenvalue weighted by molar-refractivity contribution is 0.0946. The van der Waals surface area contributed by atoms with Gasteiger partial charge in [-0.3, -0.25) is 4.79 Å². The number of hydrogen-bond acceptors (Lipinski definition) is 1. The molecule has 0 aromatic heterocycles. The molecule has 2 aromatic carbocycles. The van der Waals surface area contributed by atoms with Crippen molar-refractivity contribution in [2.75, 3.05) is 6.54 Å². The van der Waals surface area contributed by atoms with E-state index in [-0.39, 0.29) is 11.7 Å². The highest BCUT2D eigenvalue weighted by Gasteiger charge is 2.22. The molecule has 0 saturated heterocycles. The maximum absolute atomic E-state index is 14.0. The molecule has 1 unspecified atom stereocenters. The predicted octanol–water partition coefficient (Wildman–Crippen LogP) is 4.25. The van der Waals surface area contributed by atoms with Crippen molar-refractivity contribution in [2.24, 2.45) is 0 Å². The summed E-state index contributed by atoms with van der Waals surface area (Å²) >= 11 is 9.58. The second-order valence-corrected chi connectivity index (χ2v) is 6.24.